The highest BCUT2D eigenvalue weighted by Crippen LogP contribution is 2.37. The largest absolute Gasteiger partial charge is 0.493 e. The number of methoxy groups -OCH3 is 1. The van der Waals surface area contributed by atoms with Crippen LogP contribution in [0.5, 0.6) is 11.5 Å². The summed E-state index contributed by atoms with van der Waals surface area (Å²) >= 11 is 6.30. The number of carbonyl (C=O) groups is 2. The zero-order valence-electron chi connectivity index (χ0n) is 16.0. The second-order valence-electron chi connectivity index (χ2n) is 6.93. The van der Waals surface area contributed by atoms with E-state index in [0.717, 1.165) is 18.4 Å². The number of hydrogen-bond acceptors (Lipinski definition) is 4. The Morgan fingerprint density at radius 1 is 1.26 bits per heavy atom. The lowest BCUT2D eigenvalue weighted by atomic mass is 10.1. The summed E-state index contributed by atoms with van der Waals surface area (Å²) in [6.07, 6.45) is 5.00. The molecule has 2 N–H and O–H groups in total. The summed E-state index contributed by atoms with van der Waals surface area (Å²) in [5.74, 6) is 1.38. The summed E-state index contributed by atoms with van der Waals surface area (Å²) < 4.78 is 11.1. The summed E-state index contributed by atoms with van der Waals surface area (Å²) in [7, 11) is 1.55. The van der Waals surface area contributed by atoms with Gasteiger partial charge in [-0.15, -0.1) is 0 Å². The first-order chi connectivity index (χ1) is 12.9. The summed E-state index contributed by atoms with van der Waals surface area (Å²) in [5, 5.41) is 5.95. The molecule has 1 saturated carbocycles. The van der Waals surface area contributed by atoms with Gasteiger partial charge in [0.25, 0.3) is 0 Å². The molecule has 0 atom stereocenters. The minimum absolute atomic E-state index is 0.0707. The molecule has 0 spiro atoms. The van der Waals surface area contributed by atoms with E-state index in [1.54, 1.807) is 25.3 Å². The Bertz CT molecular complexity index is 699. The molecular formula is C20H27ClN2O4. The molecule has 0 aromatic heterocycles. The topological polar surface area (TPSA) is 76.7 Å². The van der Waals surface area contributed by atoms with Crippen LogP contribution in [0.15, 0.2) is 18.2 Å². The van der Waals surface area contributed by atoms with Gasteiger partial charge >= 0.3 is 0 Å². The fourth-order valence-electron chi connectivity index (χ4n) is 2.32. The third-order valence-electron chi connectivity index (χ3n) is 3.91. The van der Waals surface area contributed by atoms with Crippen LogP contribution < -0.4 is 20.1 Å². The zero-order chi connectivity index (χ0) is 19.8. The van der Waals surface area contributed by atoms with Crippen LogP contribution in [0.3, 0.4) is 0 Å². The van der Waals surface area contributed by atoms with Gasteiger partial charge in [-0.1, -0.05) is 25.4 Å². The molecule has 148 valence electrons. The summed E-state index contributed by atoms with van der Waals surface area (Å²) in [6, 6.07) is 3.49. The fraction of sp³-hybridized carbons (Fsp3) is 0.500. The van der Waals surface area contributed by atoms with Crippen molar-refractivity contribution in [1.82, 2.24) is 10.6 Å². The molecule has 1 aromatic rings. The predicted octanol–water partition coefficient (Wildman–Crippen LogP) is 3.04. The first-order valence-corrected chi connectivity index (χ1v) is 9.52. The SMILES string of the molecule is COc1cc(/C=C/C(=O)NCCNC(=O)C2CC2)cc(Cl)c1OCC(C)C. The van der Waals surface area contributed by atoms with Gasteiger partial charge in [-0.25, -0.2) is 0 Å². The van der Waals surface area contributed by atoms with Crippen LogP contribution in [0.4, 0.5) is 0 Å². The zero-order valence-corrected chi connectivity index (χ0v) is 16.8. The van der Waals surface area contributed by atoms with Crippen LogP contribution in [0.1, 0.15) is 32.3 Å². The Kier molecular flexibility index (Phi) is 7.98. The molecule has 0 bridgehead atoms. The second-order valence-corrected chi connectivity index (χ2v) is 7.34. The molecule has 1 aliphatic rings. The molecule has 0 unspecified atom stereocenters. The van der Waals surface area contributed by atoms with Gasteiger partial charge in [0.2, 0.25) is 11.8 Å². The van der Waals surface area contributed by atoms with Gasteiger partial charge in [0.1, 0.15) is 0 Å². The van der Waals surface area contributed by atoms with Crippen molar-refractivity contribution in [3.05, 3.63) is 28.8 Å². The third kappa shape index (κ3) is 7.13. The van der Waals surface area contributed by atoms with E-state index in [1.807, 2.05) is 13.8 Å². The van der Waals surface area contributed by atoms with Crippen molar-refractivity contribution >= 4 is 29.5 Å². The molecule has 1 fully saturated rings. The first kappa shape index (κ1) is 21.1. The maximum absolute atomic E-state index is 11.9. The molecule has 2 rings (SSSR count). The minimum Gasteiger partial charge on any atom is -0.493 e. The molecule has 7 heteroatoms. The highest BCUT2D eigenvalue weighted by Gasteiger charge is 2.28. The third-order valence-corrected chi connectivity index (χ3v) is 4.19. The first-order valence-electron chi connectivity index (χ1n) is 9.14. The van der Waals surface area contributed by atoms with Crippen molar-refractivity contribution in [2.45, 2.75) is 26.7 Å². The Hall–Kier alpha value is -2.21. The average molecular weight is 395 g/mol. The fourth-order valence-corrected chi connectivity index (χ4v) is 2.59. The van der Waals surface area contributed by atoms with Gasteiger partial charge in [0.05, 0.1) is 18.7 Å². The number of rotatable bonds is 10. The Morgan fingerprint density at radius 2 is 1.96 bits per heavy atom. The summed E-state index contributed by atoms with van der Waals surface area (Å²) in [4.78, 5) is 23.4. The maximum atomic E-state index is 11.9. The summed E-state index contributed by atoms with van der Waals surface area (Å²) in [5.41, 5.74) is 0.728. The lowest BCUT2D eigenvalue weighted by Crippen LogP contribution is -2.34. The van der Waals surface area contributed by atoms with Crippen molar-refractivity contribution in [3.63, 3.8) is 0 Å². The second kappa shape index (κ2) is 10.2. The van der Waals surface area contributed by atoms with E-state index >= 15 is 0 Å². The van der Waals surface area contributed by atoms with Crippen LogP contribution >= 0.6 is 11.6 Å². The number of hydrogen-bond donors (Lipinski definition) is 2. The van der Waals surface area contributed by atoms with Crippen LogP contribution in [-0.2, 0) is 9.59 Å². The number of carbonyl (C=O) groups excluding carboxylic acids is 2. The Morgan fingerprint density at radius 3 is 2.59 bits per heavy atom. The van der Waals surface area contributed by atoms with E-state index in [-0.39, 0.29) is 17.7 Å². The maximum Gasteiger partial charge on any atom is 0.244 e. The van der Waals surface area contributed by atoms with Gasteiger partial charge in [-0.05, 0) is 42.5 Å². The Labute approximate surface area is 165 Å². The predicted molar refractivity (Wildman–Crippen MR) is 106 cm³/mol. The minimum atomic E-state index is -0.245. The number of amides is 2. The van der Waals surface area contributed by atoms with Crippen LogP contribution in [0, 0.1) is 11.8 Å². The van der Waals surface area contributed by atoms with E-state index < -0.39 is 0 Å². The van der Waals surface area contributed by atoms with Crippen molar-refractivity contribution < 1.29 is 19.1 Å². The molecule has 1 aliphatic carbocycles. The van der Waals surface area contributed by atoms with Crippen LogP contribution in [0.2, 0.25) is 5.02 Å². The normalized spacial score (nSPS) is 13.7. The molecule has 2 amide bonds. The lowest BCUT2D eigenvalue weighted by molar-refractivity contribution is -0.122. The number of ether oxygens (including phenoxy) is 2. The monoisotopic (exact) mass is 394 g/mol. The van der Waals surface area contributed by atoms with Gasteiger partial charge in [0.15, 0.2) is 11.5 Å². The van der Waals surface area contributed by atoms with E-state index in [2.05, 4.69) is 10.6 Å². The van der Waals surface area contributed by atoms with E-state index in [4.69, 9.17) is 21.1 Å². The number of benzene rings is 1. The molecule has 0 saturated heterocycles. The smallest absolute Gasteiger partial charge is 0.244 e. The highest BCUT2D eigenvalue weighted by molar-refractivity contribution is 6.32. The molecule has 0 radical (unpaired) electrons. The number of nitrogens with one attached hydrogen (secondary N) is 2. The van der Waals surface area contributed by atoms with Gasteiger partial charge < -0.3 is 20.1 Å². The van der Waals surface area contributed by atoms with Crippen molar-refractivity contribution in [1.29, 1.82) is 0 Å². The molecule has 6 nitrogen and oxygen atoms in total. The van der Waals surface area contributed by atoms with Crippen LogP contribution in [-0.4, -0.2) is 38.6 Å². The number of halogens is 1. The molecule has 1 aromatic carbocycles. The standard InChI is InChI=1S/C20H27ClN2O4/c1-13(2)12-27-19-16(21)10-14(11-17(19)26-3)4-7-18(24)22-8-9-23-20(25)15-5-6-15/h4,7,10-11,13,15H,5-6,8-9,12H2,1-3H3,(H,22,24)(H,23,25)/b7-4+. The molecule has 0 heterocycles. The lowest BCUT2D eigenvalue weighted by Gasteiger charge is -2.14. The van der Waals surface area contributed by atoms with Gasteiger partial charge in [-0.3, -0.25) is 9.59 Å². The van der Waals surface area contributed by atoms with Gasteiger partial charge in [-0.2, -0.15) is 0 Å². The van der Waals surface area contributed by atoms with Gasteiger partial charge in [0, 0.05) is 25.1 Å². The average Bonchev–Trinajstić information content (AvgIpc) is 3.47. The van der Waals surface area contributed by atoms with E-state index in [9.17, 15) is 9.59 Å². The van der Waals surface area contributed by atoms with Crippen LogP contribution in [0.25, 0.3) is 6.08 Å². The van der Waals surface area contributed by atoms with Crippen molar-refractivity contribution in [3.8, 4) is 11.5 Å². The Balaban J connectivity index is 1.86. The summed E-state index contributed by atoms with van der Waals surface area (Å²) in [6.45, 7) is 5.44. The molecule has 27 heavy (non-hydrogen) atoms. The molecule has 0 aliphatic heterocycles. The molecular weight excluding hydrogens is 368 g/mol. The van der Waals surface area contributed by atoms with Crippen molar-refractivity contribution in [2.75, 3.05) is 26.8 Å². The van der Waals surface area contributed by atoms with E-state index in [0.29, 0.717) is 42.1 Å². The van der Waals surface area contributed by atoms with Crippen molar-refractivity contribution in [2.24, 2.45) is 11.8 Å². The quantitative estimate of drug-likeness (QED) is 0.472. The highest BCUT2D eigenvalue weighted by atomic mass is 35.5. The van der Waals surface area contributed by atoms with E-state index in [1.165, 1.54) is 6.08 Å².